The molecule has 192 valence electrons. The lowest BCUT2D eigenvalue weighted by Gasteiger charge is -2.28. The van der Waals surface area contributed by atoms with Crippen molar-refractivity contribution in [1.82, 2.24) is 26.3 Å². The van der Waals surface area contributed by atoms with Gasteiger partial charge >= 0.3 is 0 Å². The Labute approximate surface area is 206 Å². The third-order valence-electron chi connectivity index (χ3n) is 5.90. The number of nitrogens with one attached hydrogen (secondary N) is 4. The molecule has 4 amide bonds. The van der Waals surface area contributed by atoms with Crippen LogP contribution >= 0.6 is 0 Å². The highest BCUT2D eigenvalue weighted by Crippen LogP contribution is 2.17. The molecule has 1 aromatic heterocycles. The van der Waals surface area contributed by atoms with Crippen LogP contribution in [0.3, 0.4) is 0 Å². The molecule has 2 heterocycles. The number of hydrogen-bond donors (Lipinski definition) is 4. The standard InChI is InChI=1S/C25H37N5O5/c1-15(2)12-20(24(34)28-18(14-31)13-17-8-7-11-27-22(17)32)29-25(35)21(16(3)4)30-23(33)19-9-5-6-10-26-19/h5-6,9-10,14-18,20-21H,7-8,11-13H2,1-4H3,(H,27,32)(H,28,34)(H,29,35)(H,30,33)/t17-,18-,20-,21-/m0/s1. The van der Waals surface area contributed by atoms with Crippen molar-refractivity contribution in [1.29, 1.82) is 0 Å². The summed E-state index contributed by atoms with van der Waals surface area (Å²) in [5, 5.41) is 10.9. The smallest absolute Gasteiger partial charge is 0.270 e. The number of rotatable bonds is 12. The van der Waals surface area contributed by atoms with Gasteiger partial charge in [-0.2, -0.15) is 0 Å². The van der Waals surface area contributed by atoms with E-state index in [1.807, 2.05) is 13.8 Å². The summed E-state index contributed by atoms with van der Waals surface area (Å²) in [4.78, 5) is 66.4. The van der Waals surface area contributed by atoms with Crippen LogP contribution in [0, 0.1) is 17.8 Å². The maximum absolute atomic E-state index is 13.1. The second-order valence-corrected chi connectivity index (χ2v) is 9.72. The van der Waals surface area contributed by atoms with E-state index in [0.29, 0.717) is 25.7 Å². The fourth-order valence-electron chi connectivity index (χ4n) is 4.01. The van der Waals surface area contributed by atoms with Gasteiger partial charge in [0.15, 0.2) is 0 Å². The number of aldehydes is 1. The molecule has 35 heavy (non-hydrogen) atoms. The highest BCUT2D eigenvalue weighted by molar-refractivity contribution is 5.97. The van der Waals surface area contributed by atoms with Crippen molar-refractivity contribution in [2.75, 3.05) is 6.54 Å². The monoisotopic (exact) mass is 487 g/mol. The maximum atomic E-state index is 13.1. The molecule has 0 unspecified atom stereocenters. The molecule has 0 aromatic carbocycles. The van der Waals surface area contributed by atoms with E-state index < -0.39 is 35.8 Å². The minimum atomic E-state index is -0.905. The zero-order valence-electron chi connectivity index (χ0n) is 20.9. The van der Waals surface area contributed by atoms with Crippen LogP contribution in [0.5, 0.6) is 0 Å². The molecule has 4 atom stereocenters. The summed E-state index contributed by atoms with van der Waals surface area (Å²) in [7, 11) is 0. The van der Waals surface area contributed by atoms with Gasteiger partial charge in [-0.25, -0.2) is 0 Å². The molecule has 0 bridgehead atoms. The van der Waals surface area contributed by atoms with Crippen LogP contribution in [0.1, 0.15) is 63.9 Å². The van der Waals surface area contributed by atoms with Crippen molar-refractivity contribution in [3.8, 4) is 0 Å². The first kappa shape index (κ1) is 27.9. The second kappa shape index (κ2) is 13.6. The third kappa shape index (κ3) is 8.77. The van der Waals surface area contributed by atoms with Crippen LogP contribution in [0.4, 0.5) is 0 Å². The van der Waals surface area contributed by atoms with Crippen LogP contribution in [0.2, 0.25) is 0 Å². The van der Waals surface area contributed by atoms with Crippen LogP contribution in [0.25, 0.3) is 0 Å². The van der Waals surface area contributed by atoms with Gasteiger partial charge in [0.05, 0.1) is 6.04 Å². The summed E-state index contributed by atoms with van der Waals surface area (Å²) in [6.07, 6.45) is 4.14. The molecule has 1 saturated heterocycles. The first-order valence-electron chi connectivity index (χ1n) is 12.2. The van der Waals surface area contributed by atoms with Gasteiger partial charge in [0.1, 0.15) is 24.1 Å². The molecule has 4 N–H and O–H groups in total. The molecular weight excluding hydrogens is 450 g/mol. The number of carbonyl (C=O) groups is 5. The van der Waals surface area contributed by atoms with Crippen molar-refractivity contribution >= 4 is 29.9 Å². The van der Waals surface area contributed by atoms with Crippen LogP contribution in [0.15, 0.2) is 24.4 Å². The average molecular weight is 488 g/mol. The van der Waals surface area contributed by atoms with E-state index in [1.54, 1.807) is 32.0 Å². The number of aromatic nitrogens is 1. The van der Waals surface area contributed by atoms with Gasteiger partial charge in [0, 0.05) is 18.7 Å². The van der Waals surface area contributed by atoms with Crippen LogP contribution in [-0.2, 0) is 19.2 Å². The lowest BCUT2D eigenvalue weighted by atomic mass is 9.91. The zero-order valence-corrected chi connectivity index (χ0v) is 20.9. The lowest BCUT2D eigenvalue weighted by Crippen LogP contribution is -2.57. The molecule has 2 rings (SSSR count). The number of carbonyl (C=O) groups excluding carboxylic acids is 5. The predicted molar refractivity (Wildman–Crippen MR) is 130 cm³/mol. The molecule has 0 saturated carbocycles. The fourth-order valence-corrected chi connectivity index (χ4v) is 4.01. The highest BCUT2D eigenvalue weighted by atomic mass is 16.2. The Bertz CT molecular complexity index is 889. The molecule has 0 spiro atoms. The number of pyridine rings is 1. The Morgan fingerprint density at radius 2 is 1.86 bits per heavy atom. The van der Waals surface area contributed by atoms with Gasteiger partial charge < -0.3 is 26.1 Å². The summed E-state index contributed by atoms with van der Waals surface area (Å²) >= 11 is 0. The summed E-state index contributed by atoms with van der Waals surface area (Å²) in [6, 6.07) is 2.28. The van der Waals surface area contributed by atoms with E-state index in [1.165, 1.54) is 6.20 Å². The van der Waals surface area contributed by atoms with Crippen LogP contribution in [-0.4, -0.2) is 59.6 Å². The molecule has 1 aliphatic rings. The van der Waals surface area contributed by atoms with Crippen molar-refractivity contribution in [3.63, 3.8) is 0 Å². The Morgan fingerprint density at radius 1 is 1.11 bits per heavy atom. The van der Waals surface area contributed by atoms with E-state index in [4.69, 9.17) is 0 Å². The van der Waals surface area contributed by atoms with Crippen LogP contribution < -0.4 is 21.3 Å². The summed E-state index contributed by atoms with van der Waals surface area (Å²) in [5.41, 5.74) is 0.183. The fraction of sp³-hybridized carbons (Fsp3) is 0.600. The minimum absolute atomic E-state index is 0.0745. The maximum Gasteiger partial charge on any atom is 0.270 e. The lowest BCUT2D eigenvalue weighted by molar-refractivity contribution is -0.132. The average Bonchev–Trinajstić information content (AvgIpc) is 2.82. The number of nitrogens with zero attached hydrogens (tertiary/aromatic N) is 1. The molecule has 10 nitrogen and oxygen atoms in total. The van der Waals surface area contributed by atoms with E-state index >= 15 is 0 Å². The topological polar surface area (TPSA) is 146 Å². The molecule has 0 radical (unpaired) electrons. The number of hydrogen-bond acceptors (Lipinski definition) is 6. The van der Waals surface area contributed by atoms with Crippen molar-refractivity contribution in [2.24, 2.45) is 17.8 Å². The van der Waals surface area contributed by atoms with Crippen molar-refractivity contribution < 1.29 is 24.0 Å². The van der Waals surface area contributed by atoms with E-state index in [9.17, 15) is 24.0 Å². The first-order valence-corrected chi connectivity index (χ1v) is 12.2. The van der Waals surface area contributed by atoms with Gasteiger partial charge in [-0.3, -0.25) is 24.2 Å². The highest BCUT2D eigenvalue weighted by Gasteiger charge is 2.32. The Hall–Kier alpha value is -3.30. The first-order chi connectivity index (χ1) is 16.6. The minimum Gasteiger partial charge on any atom is -0.356 e. The van der Waals surface area contributed by atoms with Gasteiger partial charge in [0.25, 0.3) is 5.91 Å². The summed E-state index contributed by atoms with van der Waals surface area (Å²) < 4.78 is 0. The summed E-state index contributed by atoms with van der Waals surface area (Å²) in [6.45, 7) is 8.03. The van der Waals surface area contributed by atoms with Gasteiger partial charge in [-0.05, 0) is 49.7 Å². The number of amides is 4. The number of piperidine rings is 1. The van der Waals surface area contributed by atoms with Gasteiger partial charge in [-0.15, -0.1) is 0 Å². The van der Waals surface area contributed by atoms with Gasteiger partial charge in [-0.1, -0.05) is 33.8 Å². The van der Waals surface area contributed by atoms with E-state index in [0.717, 1.165) is 6.42 Å². The molecular formula is C25H37N5O5. The molecule has 10 heteroatoms. The normalized spacial score (nSPS) is 18.2. The Balaban J connectivity index is 2.07. The summed E-state index contributed by atoms with van der Waals surface area (Å²) in [5.74, 6) is -2.13. The van der Waals surface area contributed by atoms with Crippen molar-refractivity contribution in [2.45, 2.75) is 71.5 Å². The Kier molecular flexibility index (Phi) is 10.8. The molecule has 1 fully saturated rings. The largest absolute Gasteiger partial charge is 0.356 e. The zero-order chi connectivity index (χ0) is 26.0. The Morgan fingerprint density at radius 3 is 2.43 bits per heavy atom. The SMILES string of the molecule is CC(C)C[C@H](NC(=O)[C@@H](NC(=O)c1ccccn1)C(C)C)C(=O)N[C@H](C=O)C[C@@H]1CCCNC1=O. The second-order valence-electron chi connectivity index (χ2n) is 9.72. The van der Waals surface area contributed by atoms with Crippen molar-refractivity contribution in [3.05, 3.63) is 30.1 Å². The molecule has 1 aliphatic heterocycles. The quantitative estimate of drug-likeness (QED) is 0.323. The van der Waals surface area contributed by atoms with E-state index in [-0.39, 0.29) is 35.8 Å². The van der Waals surface area contributed by atoms with E-state index in [2.05, 4.69) is 26.3 Å². The molecule has 1 aromatic rings. The predicted octanol–water partition coefficient (Wildman–Crippen LogP) is 0.967. The third-order valence-corrected chi connectivity index (χ3v) is 5.90. The molecule has 0 aliphatic carbocycles. The van der Waals surface area contributed by atoms with Gasteiger partial charge in [0.2, 0.25) is 17.7 Å².